The molecule has 2 aromatic heterocycles. The Bertz CT molecular complexity index is 482. The molecule has 0 saturated carbocycles. The summed E-state index contributed by atoms with van der Waals surface area (Å²) in [5.74, 6) is 2.37. The average molecular weight is 219 g/mol. The van der Waals surface area contributed by atoms with E-state index in [2.05, 4.69) is 20.3 Å². The van der Waals surface area contributed by atoms with E-state index in [0.717, 1.165) is 5.76 Å². The molecule has 6 nitrogen and oxygen atoms in total. The minimum Gasteiger partial charge on any atom is -0.444 e. The Hall–Kier alpha value is -2.11. The predicted octanol–water partition coefficient (Wildman–Crippen LogP) is 1.53. The van der Waals surface area contributed by atoms with Crippen LogP contribution in [0.15, 0.2) is 23.0 Å². The maximum atomic E-state index is 5.52. The Morgan fingerprint density at radius 1 is 1.38 bits per heavy atom. The molecule has 0 aliphatic heterocycles. The fourth-order valence-corrected chi connectivity index (χ4v) is 1.31. The lowest BCUT2D eigenvalue weighted by Gasteiger charge is -2.10. The van der Waals surface area contributed by atoms with Crippen LogP contribution in [0.5, 0.6) is 0 Å². The number of anilines is 2. The third-order valence-corrected chi connectivity index (χ3v) is 2.03. The van der Waals surface area contributed by atoms with Gasteiger partial charge in [0, 0.05) is 0 Å². The molecule has 0 bridgehead atoms. The van der Waals surface area contributed by atoms with Gasteiger partial charge in [0.05, 0.1) is 18.6 Å². The molecule has 2 aromatic rings. The summed E-state index contributed by atoms with van der Waals surface area (Å²) in [7, 11) is 0. The van der Waals surface area contributed by atoms with Gasteiger partial charge >= 0.3 is 0 Å². The van der Waals surface area contributed by atoms with Gasteiger partial charge in [-0.3, -0.25) is 4.98 Å². The van der Waals surface area contributed by atoms with Crippen LogP contribution in [0.1, 0.15) is 24.6 Å². The van der Waals surface area contributed by atoms with Crippen LogP contribution in [0.3, 0.4) is 0 Å². The van der Waals surface area contributed by atoms with Crippen molar-refractivity contribution in [2.45, 2.75) is 19.9 Å². The third kappa shape index (κ3) is 2.28. The highest BCUT2D eigenvalue weighted by molar-refractivity contribution is 5.39. The largest absolute Gasteiger partial charge is 0.444 e. The van der Waals surface area contributed by atoms with Gasteiger partial charge in [-0.2, -0.15) is 0 Å². The average Bonchev–Trinajstić information content (AvgIpc) is 2.65. The summed E-state index contributed by atoms with van der Waals surface area (Å²) in [5.41, 5.74) is 5.52. The Kier molecular flexibility index (Phi) is 2.72. The zero-order chi connectivity index (χ0) is 11.5. The molecule has 2 rings (SSSR count). The van der Waals surface area contributed by atoms with E-state index in [1.807, 2.05) is 13.8 Å². The maximum absolute atomic E-state index is 5.52. The van der Waals surface area contributed by atoms with Gasteiger partial charge < -0.3 is 15.5 Å². The van der Waals surface area contributed by atoms with E-state index in [-0.39, 0.29) is 6.04 Å². The first-order valence-electron chi connectivity index (χ1n) is 4.91. The second-order valence-corrected chi connectivity index (χ2v) is 3.50. The summed E-state index contributed by atoms with van der Waals surface area (Å²) in [6, 6.07) is -0.0789. The first kappa shape index (κ1) is 10.4. The van der Waals surface area contributed by atoms with E-state index in [1.54, 1.807) is 12.4 Å². The molecule has 0 radical (unpaired) electrons. The van der Waals surface area contributed by atoms with Crippen LogP contribution in [0.2, 0.25) is 0 Å². The Labute approximate surface area is 92.9 Å². The van der Waals surface area contributed by atoms with Gasteiger partial charge in [0.2, 0.25) is 5.89 Å². The van der Waals surface area contributed by atoms with Crippen LogP contribution in [0.25, 0.3) is 0 Å². The van der Waals surface area contributed by atoms with Gasteiger partial charge in [-0.15, -0.1) is 0 Å². The Balaban J connectivity index is 2.10. The second kappa shape index (κ2) is 4.18. The zero-order valence-corrected chi connectivity index (χ0v) is 9.14. The summed E-state index contributed by atoms with van der Waals surface area (Å²) in [6.45, 7) is 3.78. The van der Waals surface area contributed by atoms with Gasteiger partial charge in [0.1, 0.15) is 23.4 Å². The molecule has 2 heterocycles. The molecule has 1 atom stereocenters. The number of hydrogen-bond donors (Lipinski definition) is 2. The minimum atomic E-state index is -0.0789. The number of hydrogen-bond acceptors (Lipinski definition) is 6. The molecule has 0 aliphatic carbocycles. The Morgan fingerprint density at radius 2 is 2.19 bits per heavy atom. The van der Waals surface area contributed by atoms with E-state index in [1.165, 1.54) is 6.20 Å². The molecule has 16 heavy (non-hydrogen) atoms. The molecule has 3 N–H and O–H groups in total. The van der Waals surface area contributed by atoms with Gasteiger partial charge in [0.15, 0.2) is 0 Å². The standard InChI is InChI=1S/C10H13N5O/c1-6-3-13-10(16-6)7(2)14-9-5-12-4-8(11)15-9/h3-5,7H,1-2H3,(H3,11,14,15). The molecule has 0 amide bonds. The highest BCUT2D eigenvalue weighted by Crippen LogP contribution is 2.17. The third-order valence-electron chi connectivity index (χ3n) is 2.03. The number of aromatic nitrogens is 3. The molecule has 84 valence electrons. The predicted molar refractivity (Wildman–Crippen MR) is 59.7 cm³/mol. The number of nitrogens with one attached hydrogen (secondary N) is 1. The van der Waals surface area contributed by atoms with E-state index in [9.17, 15) is 0 Å². The first-order chi connectivity index (χ1) is 7.65. The van der Waals surface area contributed by atoms with Crippen molar-refractivity contribution < 1.29 is 4.42 Å². The topological polar surface area (TPSA) is 89.9 Å². The molecular weight excluding hydrogens is 206 g/mol. The van der Waals surface area contributed by atoms with Gasteiger partial charge in [-0.05, 0) is 13.8 Å². The van der Waals surface area contributed by atoms with Crippen molar-refractivity contribution in [1.29, 1.82) is 0 Å². The first-order valence-corrected chi connectivity index (χ1v) is 4.91. The molecule has 0 saturated heterocycles. The van der Waals surface area contributed by atoms with Crippen LogP contribution < -0.4 is 11.1 Å². The van der Waals surface area contributed by atoms with Crippen LogP contribution in [0, 0.1) is 6.92 Å². The molecule has 0 fully saturated rings. The molecule has 0 spiro atoms. The number of nitrogen functional groups attached to an aromatic ring is 1. The number of aryl methyl sites for hydroxylation is 1. The van der Waals surface area contributed by atoms with Crippen molar-refractivity contribution in [3.05, 3.63) is 30.2 Å². The van der Waals surface area contributed by atoms with Crippen LogP contribution >= 0.6 is 0 Å². The van der Waals surface area contributed by atoms with Crippen molar-refractivity contribution >= 4 is 11.6 Å². The number of oxazole rings is 1. The van der Waals surface area contributed by atoms with Crippen LogP contribution in [-0.2, 0) is 0 Å². The van der Waals surface area contributed by atoms with Crippen molar-refractivity contribution in [1.82, 2.24) is 15.0 Å². The highest BCUT2D eigenvalue weighted by atomic mass is 16.4. The monoisotopic (exact) mass is 219 g/mol. The van der Waals surface area contributed by atoms with Gasteiger partial charge in [-0.1, -0.05) is 0 Å². The highest BCUT2D eigenvalue weighted by Gasteiger charge is 2.11. The summed E-state index contributed by atoms with van der Waals surface area (Å²) in [5, 5.41) is 3.10. The lowest BCUT2D eigenvalue weighted by molar-refractivity contribution is 0.453. The summed E-state index contributed by atoms with van der Waals surface area (Å²) < 4.78 is 5.39. The van der Waals surface area contributed by atoms with Crippen LogP contribution in [0.4, 0.5) is 11.6 Å². The summed E-state index contributed by atoms with van der Waals surface area (Å²) >= 11 is 0. The normalized spacial score (nSPS) is 12.4. The van der Waals surface area contributed by atoms with E-state index in [0.29, 0.717) is 17.5 Å². The fraction of sp³-hybridized carbons (Fsp3) is 0.300. The lowest BCUT2D eigenvalue weighted by Crippen LogP contribution is -2.09. The smallest absolute Gasteiger partial charge is 0.216 e. The molecule has 0 aromatic carbocycles. The van der Waals surface area contributed by atoms with E-state index in [4.69, 9.17) is 10.2 Å². The molecule has 0 aliphatic rings. The number of nitrogens with two attached hydrogens (primary N) is 1. The van der Waals surface area contributed by atoms with Gasteiger partial charge in [-0.25, -0.2) is 9.97 Å². The van der Waals surface area contributed by atoms with Crippen molar-refractivity contribution in [2.75, 3.05) is 11.1 Å². The zero-order valence-electron chi connectivity index (χ0n) is 9.14. The fourth-order valence-electron chi connectivity index (χ4n) is 1.31. The quantitative estimate of drug-likeness (QED) is 0.813. The van der Waals surface area contributed by atoms with E-state index >= 15 is 0 Å². The van der Waals surface area contributed by atoms with Crippen molar-refractivity contribution in [3.63, 3.8) is 0 Å². The van der Waals surface area contributed by atoms with Crippen molar-refractivity contribution in [3.8, 4) is 0 Å². The Morgan fingerprint density at radius 3 is 2.81 bits per heavy atom. The second-order valence-electron chi connectivity index (χ2n) is 3.50. The van der Waals surface area contributed by atoms with Crippen molar-refractivity contribution in [2.24, 2.45) is 0 Å². The van der Waals surface area contributed by atoms with E-state index < -0.39 is 0 Å². The lowest BCUT2D eigenvalue weighted by atomic mass is 10.3. The SMILES string of the molecule is Cc1cnc(C(C)Nc2cncc(N)n2)o1. The molecule has 1 unspecified atom stereocenters. The van der Waals surface area contributed by atoms with Gasteiger partial charge in [0.25, 0.3) is 0 Å². The van der Waals surface area contributed by atoms with Crippen LogP contribution in [-0.4, -0.2) is 15.0 Å². The summed E-state index contributed by atoms with van der Waals surface area (Å²) in [6.07, 6.45) is 4.77. The number of rotatable bonds is 3. The maximum Gasteiger partial charge on any atom is 0.216 e. The number of nitrogens with zero attached hydrogens (tertiary/aromatic N) is 3. The summed E-state index contributed by atoms with van der Waals surface area (Å²) in [4.78, 5) is 12.1. The minimum absolute atomic E-state index is 0.0789. The molecular formula is C10H13N5O. The molecule has 6 heteroatoms.